The number of anilines is 1. The highest BCUT2D eigenvalue weighted by Gasteiger charge is 2.36. The highest BCUT2D eigenvalue weighted by molar-refractivity contribution is 5.94. The van der Waals surface area contributed by atoms with E-state index >= 15 is 0 Å². The number of para-hydroxylation sites is 2. The van der Waals surface area contributed by atoms with E-state index in [0.717, 1.165) is 21.4 Å². The molecule has 9 heteroatoms. The van der Waals surface area contributed by atoms with E-state index in [0.29, 0.717) is 17.6 Å². The molecule has 2 aromatic carbocycles. The number of fused-ring (bicyclic) bond motifs is 2. The van der Waals surface area contributed by atoms with E-state index in [1.54, 1.807) is 6.07 Å². The van der Waals surface area contributed by atoms with Gasteiger partial charge in [0.1, 0.15) is 12.4 Å². The van der Waals surface area contributed by atoms with Crippen molar-refractivity contribution in [3.63, 3.8) is 0 Å². The Bertz CT molecular complexity index is 1220. The Hall–Kier alpha value is -3.36. The lowest BCUT2D eigenvalue weighted by atomic mass is 10.2. The van der Waals surface area contributed by atoms with Crippen LogP contribution in [0.2, 0.25) is 0 Å². The standard InChI is InChI=1S/C20H18F3N5O/c1-3-17-25-13-6-4-5-7-16(13)28(17)11-18(29)24-12-8-9-15-14(10-12)26-19(27(15)2)20(21,22)23/h4-10H,3,11H2,1-2H3,(H,24,29). The van der Waals surface area contributed by atoms with Crippen molar-refractivity contribution in [3.8, 4) is 0 Å². The number of benzene rings is 2. The third-order valence-electron chi connectivity index (χ3n) is 4.77. The van der Waals surface area contributed by atoms with Crippen molar-refractivity contribution in [1.82, 2.24) is 19.1 Å². The molecule has 0 atom stereocenters. The van der Waals surface area contributed by atoms with Gasteiger partial charge in [0.2, 0.25) is 11.7 Å². The summed E-state index contributed by atoms with van der Waals surface area (Å²) in [6.07, 6.45) is -3.88. The summed E-state index contributed by atoms with van der Waals surface area (Å²) in [7, 11) is 1.31. The second kappa shape index (κ2) is 6.91. The molecule has 4 aromatic rings. The van der Waals surface area contributed by atoms with Gasteiger partial charge in [0.15, 0.2) is 0 Å². The first-order chi connectivity index (χ1) is 13.8. The Balaban J connectivity index is 1.60. The molecule has 0 fully saturated rings. The summed E-state index contributed by atoms with van der Waals surface area (Å²) in [5.41, 5.74) is 2.56. The van der Waals surface area contributed by atoms with Gasteiger partial charge in [0, 0.05) is 19.2 Å². The molecule has 150 valence electrons. The average molecular weight is 401 g/mol. The highest BCUT2D eigenvalue weighted by atomic mass is 19.4. The van der Waals surface area contributed by atoms with Gasteiger partial charge in [0.25, 0.3) is 0 Å². The smallest absolute Gasteiger partial charge is 0.324 e. The zero-order valence-corrected chi connectivity index (χ0v) is 15.8. The minimum atomic E-state index is -4.55. The fraction of sp³-hybridized carbons (Fsp3) is 0.250. The second-order valence-corrected chi connectivity index (χ2v) is 6.70. The summed E-state index contributed by atoms with van der Waals surface area (Å²) in [5, 5.41) is 2.74. The summed E-state index contributed by atoms with van der Waals surface area (Å²) >= 11 is 0. The number of aryl methyl sites for hydroxylation is 2. The van der Waals surface area contributed by atoms with Gasteiger partial charge in [-0.1, -0.05) is 19.1 Å². The summed E-state index contributed by atoms with van der Waals surface area (Å²) < 4.78 is 42.0. The van der Waals surface area contributed by atoms with Gasteiger partial charge < -0.3 is 14.5 Å². The van der Waals surface area contributed by atoms with E-state index in [2.05, 4.69) is 15.3 Å². The van der Waals surface area contributed by atoms with Gasteiger partial charge in [-0.2, -0.15) is 13.2 Å². The Morgan fingerprint density at radius 1 is 1.07 bits per heavy atom. The lowest BCUT2D eigenvalue weighted by molar-refractivity contribution is -0.146. The first-order valence-electron chi connectivity index (χ1n) is 9.05. The molecule has 0 radical (unpaired) electrons. The maximum atomic E-state index is 13.0. The minimum Gasteiger partial charge on any atom is -0.324 e. The number of carbonyl (C=O) groups excluding carboxylic acids is 1. The number of nitrogens with zero attached hydrogens (tertiary/aromatic N) is 4. The molecule has 29 heavy (non-hydrogen) atoms. The van der Waals surface area contributed by atoms with Crippen LogP contribution in [0.15, 0.2) is 42.5 Å². The van der Waals surface area contributed by atoms with Crippen molar-refractivity contribution in [2.45, 2.75) is 26.1 Å². The van der Waals surface area contributed by atoms with Crippen molar-refractivity contribution in [2.24, 2.45) is 7.05 Å². The van der Waals surface area contributed by atoms with Crippen LogP contribution >= 0.6 is 0 Å². The molecule has 0 saturated heterocycles. The molecule has 2 heterocycles. The summed E-state index contributed by atoms with van der Waals surface area (Å²) in [6, 6.07) is 12.1. The monoisotopic (exact) mass is 401 g/mol. The second-order valence-electron chi connectivity index (χ2n) is 6.70. The van der Waals surface area contributed by atoms with E-state index in [-0.39, 0.29) is 18.0 Å². The molecule has 0 spiro atoms. The number of imidazole rings is 2. The first kappa shape index (κ1) is 19.0. The number of carbonyl (C=O) groups is 1. The van der Waals surface area contributed by atoms with Crippen LogP contribution in [-0.4, -0.2) is 25.0 Å². The summed E-state index contributed by atoms with van der Waals surface area (Å²) in [5.74, 6) is -0.487. The Morgan fingerprint density at radius 2 is 1.83 bits per heavy atom. The number of amides is 1. The molecule has 0 aliphatic rings. The van der Waals surface area contributed by atoms with Crippen LogP contribution in [0.1, 0.15) is 18.6 Å². The zero-order chi connectivity index (χ0) is 20.8. The quantitative estimate of drug-likeness (QED) is 0.559. The molecule has 4 rings (SSSR count). The number of aromatic nitrogens is 4. The van der Waals surface area contributed by atoms with E-state index in [4.69, 9.17) is 0 Å². The third kappa shape index (κ3) is 3.43. The molecule has 2 aromatic heterocycles. The summed E-state index contributed by atoms with van der Waals surface area (Å²) in [4.78, 5) is 20.8. The lowest BCUT2D eigenvalue weighted by Crippen LogP contribution is -2.20. The minimum absolute atomic E-state index is 0.0533. The SMILES string of the molecule is CCc1nc2ccccc2n1CC(=O)Nc1ccc2c(c1)nc(C(F)(F)F)n2C. The molecule has 0 bridgehead atoms. The van der Waals surface area contributed by atoms with Crippen molar-refractivity contribution in [1.29, 1.82) is 0 Å². The van der Waals surface area contributed by atoms with Crippen molar-refractivity contribution in [3.05, 3.63) is 54.1 Å². The Kier molecular flexibility index (Phi) is 4.52. The van der Waals surface area contributed by atoms with Gasteiger partial charge in [-0.25, -0.2) is 9.97 Å². The average Bonchev–Trinajstić information content (AvgIpc) is 3.19. The summed E-state index contributed by atoms with van der Waals surface area (Å²) in [6.45, 7) is 2.01. The first-order valence-corrected chi connectivity index (χ1v) is 9.05. The van der Waals surface area contributed by atoms with Crippen LogP contribution in [0.3, 0.4) is 0 Å². The molecule has 0 aliphatic heterocycles. The van der Waals surface area contributed by atoms with Crippen LogP contribution in [0, 0.1) is 0 Å². The van der Waals surface area contributed by atoms with Gasteiger partial charge in [-0.3, -0.25) is 4.79 Å². The van der Waals surface area contributed by atoms with Crippen molar-refractivity contribution >= 4 is 33.7 Å². The number of hydrogen-bond donors (Lipinski definition) is 1. The number of nitrogens with one attached hydrogen (secondary N) is 1. The molecule has 0 aliphatic carbocycles. The van der Waals surface area contributed by atoms with Crippen LogP contribution in [-0.2, 0) is 31.0 Å². The Morgan fingerprint density at radius 3 is 2.55 bits per heavy atom. The predicted molar refractivity (Wildman–Crippen MR) is 103 cm³/mol. The van der Waals surface area contributed by atoms with Crippen LogP contribution in [0.25, 0.3) is 22.1 Å². The maximum absolute atomic E-state index is 13.0. The fourth-order valence-corrected chi connectivity index (χ4v) is 3.45. The molecule has 1 N–H and O–H groups in total. The highest BCUT2D eigenvalue weighted by Crippen LogP contribution is 2.31. The van der Waals surface area contributed by atoms with Gasteiger partial charge in [-0.05, 0) is 30.3 Å². The van der Waals surface area contributed by atoms with E-state index in [1.807, 2.05) is 35.8 Å². The molecule has 1 amide bonds. The molecule has 0 unspecified atom stereocenters. The number of hydrogen-bond acceptors (Lipinski definition) is 3. The normalized spacial score (nSPS) is 12.0. The lowest BCUT2D eigenvalue weighted by Gasteiger charge is -2.09. The molecule has 0 saturated carbocycles. The van der Waals surface area contributed by atoms with Crippen molar-refractivity contribution in [2.75, 3.05) is 5.32 Å². The van der Waals surface area contributed by atoms with Gasteiger partial charge in [0.05, 0.1) is 22.1 Å². The third-order valence-corrected chi connectivity index (χ3v) is 4.77. The van der Waals surface area contributed by atoms with Gasteiger partial charge >= 0.3 is 6.18 Å². The molecular weight excluding hydrogens is 383 g/mol. The number of rotatable bonds is 4. The zero-order valence-electron chi connectivity index (χ0n) is 15.8. The van der Waals surface area contributed by atoms with E-state index in [9.17, 15) is 18.0 Å². The van der Waals surface area contributed by atoms with Crippen LogP contribution < -0.4 is 5.32 Å². The molecule has 6 nitrogen and oxygen atoms in total. The topological polar surface area (TPSA) is 64.7 Å². The Labute approximate surface area is 164 Å². The van der Waals surface area contributed by atoms with Crippen molar-refractivity contribution < 1.29 is 18.0 Å². The molecular formula is C20H18F3N5O. The number of alkyl halides is 3. The fourth-order valence-electron chi connectivity index (χ4n) is 3.45. The maximum Gasteiger partial charge on any atom is 0.449 e. The largest absolute Gasteiger partial charge is 0.449 e. The van der Waals surface area contributed by atoms with E-state index in [1.165, 1.54) is 19.2 Å². The predicted octanol–water partition coefficient (Wildman–Crippen LogP) is 4.14. The van der Waals surface area contributed by atoms with E-state index < -0.39 is 12.0 Å². The van der Waals surface area contributed by atoms with Crippen LogP contribution in [0.5, 0.6) is 0 Å². The van der Waals surface area contributed by atoms with Gasteiger partial charge in [-0.15, -0.1) is 0 Å². The van der Waals surface area contributed by atoms with Crippen LogP contribution in [0.4, 0.5) is 18.9 Å². The number of halogens is 3.